The van der Waals surface area contributed by atoms with Crippen LogP contribution in [0.25, 0.3) is 11.1 Å². The molecule has 0 atom stereocenters. The molecule has 17 heavy (non-hydrogen) atoms. The Morgan fingerprint density at radius 3 is 3.06 bits per heavy atom. The highest BCUT2D eigenvalue weighted by molar-refractivity contribution is 5.79. The number of carbonyl (C=O) groups is 1. The normalized spacial score (nSPS) is 9.88. The first-order valence-electron chi connectivity index (χ1n) is 5.20. The summed E-state index contributed by atoms with van der Waals surface area (Å²) in [6.45, 7) is 2.21. The van der Waals surface area contributed by atoms with Crippen LogP contribution in [0, 0.1) is 18.3 Å². The molecule has 0 fully saturated rings. The predicted octanol–water partition coefficient (Wildman–Crippen LogP) is 2.19. The summed E-state index contributed by atoms with van der Waals surface area (Å²) >= 11 is 0. The molecule has 2 rings (SSSR count). The first kappa shape index (κ1) is 11.1. The van der Waals surface area contributed by atoms with Gasteiger partial charge in [0.15, 0.2) is 0 Å². The number of aldehydes is 1. The van der Waals surface area contributed by atoms with Gasteiger partial charge in [-0.2, -0.15) is 10.4 Å². The van der Waals surface area contributed by atoms with Gasteiger partial charge in [-0.3, -0.25) is 9.48 Å². The molecule has 0 radical (unpaired) electrons. The van der Waals surface area contributed by atoms with E-state index in [1.165, 1.54) is 0 Å². The van der Waals surface area contributed by atoms with Crippen LogP contribution >= 0.6 is 0 Å². The van der Waals surface area contributed by atoms with E-state index in [4.69, 9.17) is 5.26 Å². The highest BCUT2D eigenvalue weighted by atomic mass is 16.1. The zero-order valence-electron chi connectivity index (χ0n) is 9.42. The molecule has 84 valence electrons. The van der Waals surface area contributed by atoms with Crippen LogP contribution in [0.1, 0.15) is 15.9 Å². The van der Waals surface area contributed by atoms with E-state index in [2.05, 4.69) is 5.10 Å². The van der Waals surface area contributed by atoms with Crippen LogP contribution in [0.2, 0.25) is 0 Å². The zero-order valence-corrected chi connectivity index (χ0v) is 9.42. The third-order valence-electron chi connectivity index (χ3n) is 2.57. The molecular weight excluding hydrogens is 214 g/mol. The van der Waals surface area contributed by atoms with Crippen molar-refractivity contribution in [3.05, 3.63) is 41.7 Å². The Kier molecular flexibility index (Phi) is 3.01. The van der Waals surface area contributed by atoms with E-state index in [-0.39, 0.29) is 6.54 Å². The Balaban J connectivity index is 2.44. The first-order valence-corrected chi connectivity index (χ1v) is 5.20. The molecule has 0 aliphatic rings. The van der Waals surface area contributed by atoms with Gasteiger partial charge in [0.25, 0.3) is 0 Å². The molecule has 4 heteroatoms. The lowest BCUT2D eigenvalue weighted by atomic mass is 10.0. The average Bonchev–Trinajstić information content (AvgIpc) is 2.79. The van der Waals surface area contributed by atoms with Crippen molar-refractivity contribution < 1.29 is 4.79 Å². The van der Waals surface area contributed by atoms with Crippen LogP contribution in [0.5, 0.6) is 0 Å². The van der Waals surface area contributed by atoms with E-state index in [1.54, 1.807) is 23.1 Å². The van der Waals surface area contributed by atoms with Gasteiger partial charge in [-0.05, 0) is 24.1 Å². The largest absolute Gasteiger partial charge is 0.298 e. The number of aryl methyl sites for hydroxylation is 1. The highest BCUT2D eigenvalue weighted by Gasteiger charge is 2.06. The molecule has 0 bridgehead atoms. The van der Waals surface area contributed by atoms with Gasteiger partial charge in [-0.1, -0.05) is 12.1 Å². The van der Waals surface area contributed by atoms with Crippen molar-refractivity contribution in [2.75, 3.05) is 0 Å². The number of hydrogen-bond acceptors (Lipinski definition) is 3. The minimum atomic E-state index is 0.229. The SMILES string of the molecule is Cc1ccc(C=O)cc1-c1cnn(CC#N)c1. The topological polar surface area (TPSA) is 58.7 Å². The number of aromatic nitrogens is 2. The summed E-state index contributed by atoms with van der Waals surface area (Å²) in [7, 11) is 0. The van der Waals surface area contributed by atoms with Gasteiger partial charge in [-0.25, -0.2) is 0 Å². The van der Waals surface area contributed by atoms with Crippen molar-refractivity contribution in [2.24, 2.45) is 0 Å². The molecule has 0 saturated heterocycles. The van der Waals surface area contributed by atoms with Crippen LogP contribution in [-0.4, -0.2) is 16.1 Å². The molecule has 1 aromatic heterocycles. The molecule has 0 unspecified atom stereocenters. The molecule has 0 aliphatic heterocycles. The molecule has 1 heterocycles. The van der Waals surface area contributed by atoms with Crippen LogP contribution in [0.3, 0.4) is 0 Å². The predicted molar refractivity (Wildman–Crippen MR) is 63.4 cm³/mol. The number of nitriles is 1. The first-order chi connectivity index (χ1) is 8.24. The van der Waals surface area contributed by atoms with Gasteiger partial charge in [0.2, 0.25) is 0 Å². The Morgan fingerprint density at radius 1 is 1.53 bits per heavy atom. The third kappa shape index (κ3) is 2.23. The molecule has 0 N–H and O–H groups in total. The van der Waals surface area contributed by atoms with Gasteiger partial charge in [0.05, 0.1) is 12.3 Å². The summed E-state index contributed by atoms with van der Waals surface area (Å²) < 4.78 is 1.57. The fourth-order valence-corrected chi connectivity index (χ4v) is 1.69. The summed E-state index contributed by atoms with van der Waals surface area (Å²) in [6, 6.07) is 7.55. The van der Waals surface area contributed by atoms with Crippen molar-refractivity contribution in [3.8, 4) is 17.2 Å². The van der Waals surface area contributed by atoms with Crippen molar-refractivity contribution in [2.45, 2.75) is 13.5 Å². The van der Waals surface area contributed by atoms with E-state index >= 15 is 0 Å². The maximum atomic E-state index is 10.7. The van der Waals surface area contributed by atoms with Gasteiger partial charge >= 0.3 is 0 Å². The molecular formula is C13H11N3O. The fourth-order valence-electron chi connectivity index (χ4n) is 1.69. The maximum Gasteiger partial charge on any atom is 0.150 e. The fraction of sp³-hybridized carbons (Fsp3) is 0.154. The Labute approximate surface area is 99.1 Å². The Hall–Kier alpha value is -2.41. The molecule has 0 saturated carbocycles. The second-order valence-corrected chi connectivity index (χ2v) is 3.78. The monoisotopic (exact) mass is 225 g/mol. The molecule has 1 aromatic carbocycles. The summed E-state index contributed by atoms with van der Waals surface area (Å²) in [4.78, 5) is 10.7. The lowest BCUT2D eigenvalue weighted by Gasteiger charge is -2.03. The lowest BCUT2D eigenvalue weighted by Crippen LogP contribution is -1.94. The van der Waals surface area contributed by atoms with E-state index < -0.39 is 0 Å². The van der Waals surface area contributed by atoms with Crippen LogP contribution < -0.4 is 0 Å². The van der Waals surface area contributed by atoms with Gasteiger partial charge in [0, 0.05) is 17.3 Å². The standard InChI is InChI=1S/C13H11N3O/c1-10-2-3-11(9-17)6-13(10)12-7-15-16(8-12)5-4-14/h2-3,6-9H,5H2,1H3. The number of rotatable bonds is 3. The van der Waals surface area contributed by atoms with E-state index in [9.17, 15) is 4.79 Å². The Bertz CT molecular complexity index is 593. The molecule has 2 aromatic rings. The van der Waals surface area contributed by atoms with Gasteiger partial charge in [-0.15, -0.1) is 0 Å². The van der Waals surface area contributed by atoms with E-state index in [0.29, 0.717) is 5.56 Å². The second kappa shape index (κ2) is 4.62. The second-order valence-electron chi connectivity index (χ2n) is 3.78. The minimum absolute atomic E-state index is 0.229. The molecule has 0 spiro atoms. The average molecular weight is 225 g/mol. The lowest BCUT2D eigenvalue weighted by molar-refractivity contribution is 0.112. The van der Waals surface area contributed by atoms with Crippen molar-refractivity contribution in [3.63, 3.8) is 0 Å². The van der Waals surface area contributed by atoms with Gasteiger partial charge in [0.1, 0.15) is 12.8 Å². The molecule has 0 aliphatic carbocycles. The number of nitrogens with zero attached hydrogens (tertiary/aromatic N) is 3. The molecule has 4 nitrogen and oxygen atoms in total. The minimum Gasteiger partial charge on any atom is -0.298 e. The zero-order chi connectivity index (χ0) is 12.3. The van der Waals surface area contributed by atoms with Crippen LogP contribution in [0.15, 0.2) is 30.6 Å². The van der Waals surface area contributed by atoms with Crippen LogP contribution in [-0.2, 0) is 6.54 Å². The van der Waals surface area contributed by atoms with E-state index in [1.807, 2.05) is 25.1 Å². The molecule has 0 amide bonds. The number of hydrogen-bond donors (Lipinski definition) is 0. The van der Waals surface area contributed by atoms with Crippen molar-refractivity contribution in [1.29, 1.82) is 5.26 Å². The number of benzene rings is 1. The highest BCUT2D eigenvalue weighted by Crippen LogP contribution is 2.23. The maximum absolute atomic E-state index is 10.7. The van der Waals surface area contributed by atoms with E-state index in [0.717, 1.165) is 23.0 Å². The summed E-state index contributed by atoms with van der Waals surface area (Å²) in [5.41, 5.74) is 3.60. The van der Waals surface area contributed by atoms with Crippen molar-refractivity contribution in [1.82, 2.24) is 9.78 Å². The van der Waals surface area contributed by atoms with Gasteiger partial charge < -0.3 is 0 Å². The Morgan fingerprint density at radius 2 is 2.35 bits per heavy atom. The van der Waals surface area contributed by atoms with Crippen LogP contribution in [0.4, 0.5) is 0 Å². The summed E-state index contributed by atoms with van der Waals surface area (Å²) in [5.74, 6) is 0. The summed E-state index contributed by atoms with van der Waals surface area (Å²) in [5, 5.41) is 12.7. The van der Waals surface area contributed by atoms with Crippen molar-refractivity contribution >= 4 is 6.29 Å². The smallest absolute Gasteiger partial charge is 0.150 e. The third-order valence-corrected chi connectivity index (χ3v) is 2.57. The number of carbonyl (C=O) groups excluding carboxylic acids is 1. The quantitative estimate of drug-likeness (QED) is 0.752. The summed E-state index contributed by atoms with van der Waals surface area (Å²) in [6.07, 6.45) is 4.33.